The van der Waals surface area contributed by atoms with Crippen LogP contribution in [0.3, 0.4) is 0 Å². The van der Waals surface area contributed by atoms with E-state index in [1.54, 1.807) is 14.2 Å². The lowest BCUT2D eigenvalue weighted by atomic mass is 10.1. The zero-order chi connectivity index (χ0) is 15.4. The summed E-state index contributed by atoms with van der Waals surface area (Å²) in [5.74, 6) is 3.36. The molecule has 0 fully saturated rings. The van der Waals surface area contributed by atoms with Crippen LogP contribution in [0.25, 0.3) is 0 Å². The molecule has 0 spiro atoms. The third kappa shape index (κ3) is 3.09. The van der Waals surface area contributed by atoms with Gasteiger partial charge in [0.05, 0.1) is 19.8 Å². The van der Waals surface area contributed by atoms with Crippen LogP contribution in [0.15, 0.2) is 36.4 Å². The lowest BCUT2D eigenvalue weighted by molar-refractivity contribution is -0.686. The number of rotatable bonds is 6. The van der Waals surface area contributed by atoms with Crippen molar-refractivity contribution in [1.29, 1.82) is 0 Å². The van der Waals surface area contributed by atoms with Gasteiger partial charge in [-0.2, -0.15) is 0 Å². The maximum absolute atomic E-state index is 5.40. The number of hydrogen-bond donors (Lipinski definition) is 1. The monoisotopic (exact) mass is 302 g/mol. The van der Waals surface area contributed by atoms with Crippen molar-refractivity contribution in [1.82, 2.24) is 0 Å². The van der Waals surface area contributed by atoms with Crippen LogP contribution in [0, 0.1) is 0 Å². The number of hydrogen-bond acceptors (Lipinski definition) is 4. The molecule has 0 unspecified atom stereocenters. The first kappa shape index (κ1) is 14.5. The van der Waals surface area contributed by atoms with E-state index >= 15 is 0 Å². The van der Waals surface area contributed by atoms with Gasteiger partial charge in [-0.05, 0) is 36.4 Å². The molecular formula is C17H20NO4+. The van der Waals surface area contributed by atoms with Gasteiger partial charge in [-0.3, -0.25) is 0 Å². The highest BCUT2D eigenvalue weighted by atomic mass is 16.7. The second-order valence-corrected chi connectivity index (χ2v) is 5.06. The maximum atomic E-state index is 5.40. The molecule has 0 atom stereocenters. The second-order valence-electron chi connectivity index (χ2n) is 5.06. The van der Waals surface area contributed by atoms with Crippen molar-refractivity contribution in [2.24, 2.45) is 0 Å². The Morgan fingerprint density at radius 1 is 0.955 bits per heavy atom. The Morgan fingerprint density at radius 3 is 2.64 bits per heavy atom. The standard InChI is InChI=1S/C17H19NO4/c1-19-14-4-6-15(20-2)13(8-14)10-18-9-12-3-5-16-17(7-12)22-11-21-16/h3-8,18H,9-11H2,1-2H3/p+1. The third-order valence-electron chi connectivity index (χ3n) is 3.67. The number of nitrogens with two attached hydrogens (primary N) is 1. The minimum atomic E-state index is 0.309. The van der Waals surface area contributed by atoms with Gasteiger partial charge in [-0.15, -0.1) is 0 Å². The maximum Gasteiger partial charge on any atom is 0.231 e. The van der Waals surface area contributed by atoms with Crippen molar-refractivity contribution in [2.45, 2.75) is 13.1 Å². The smallest absolute Gasteiger partial charge is 0.231 e. The average molecular weight is 302 g/mol. The lowest BCUT2D eigenvalue weighted by Crippen LogP contribution is -2.80. The number of benzene rings is 2. The number of fused-ring (bicyclic) bond motifs is 1. The van der Waals surface area contributed by atoms with Crippen molar-refractivity contribution >= 4 is 0 Å². The van der Waals surface area contributed by atoms with E-state index in [1.165, 1.54) is 5.56 Å². The van der Waals surface area contributed by atoms with Gasteiger partial charge in [0.2, 0.25) is 6.79 Å². The van der Waals surface area contributed by atoms with Crippen LogP contribution in [0.1, 0.15) is 11.1 Å². The molecule has 3 rings (SSSR count). The van der Waals surface area contributed by atoms with Gasteiger partial charge in [-0.1, -0.05) is 0 Å². The Kier molecular flexibility index (Phi) is 4.34. The van der Waals surface area contributed by atoms with Gasteiger partial charge < -0.3 is 24.3 Å². The molecule has 5 heteroatoms. The Bertz CT molecular complexity index is 657. The van der Waals surface area contributed by atoms with E-state index in [1.807, 2.05) is 30.3 Å². The van der Waals surface area contributed by atoms with E-state index in [0.29, 0.717) is 6.79 Å². The second kappa shape index (κ2) is 6.58. The molecule has 0 bridgehead atoms. The zero-order valence-electron chi connectivity index (χ0n) is 12.8. The summed E-state index contributed by atoms with van der Waals surface area (Å²) in [6.07, 6.45) is 0. The molecule has 0 aromatic heterocycles. The van der Waals surface area contributed by atoms with Crippen LogP contribution in [-0.4, -0.2) is 21.0 Å². The molecule has 1 heterocycles. The van der Waals surface area contributed by atoms with Crippen LogP contribution in [0.5, 0.6) is 23.0 Å². The molecule has 22 heavy (non-hydrogen) atoms. The van der Waals surface area contributed by atoms with Gasteiger partial charge in [0.25, 0.3) is 0 Å². The molecule has 2 aromatic carbocycles. The summed E-state index contributed by atoms with van der Waals surface area (Å²) in [4.78, 5) is 0. The average Bonchev–Trinajstić information content (AvgIpc) is 3.02. The van der Waals surface area contributed by atoms with Crippen molar-refractivity contribution in [3.8, 4) is 23.0 Å². The summed E-state index contributed by atoms with van der Waals surface area (Å²) in [6.45, 7) is 1.98. The summed E-state index contributed by atoms with van der Waals surface area (Å²) in [5, 5.41) is 2.22. The zero-order valence-corrected chi connectivity index (χ0v) is 12.8. The summed E-state index contributed by atoms with van der Waals surface area (Å²) >= 11 is 0. The van der Waals surface area contributed by atoms with E-state index in [2.05, 4.69) is 11.4 Å². The molecule has 1 aliphatic rings. The SMILES string of the molecule is COc1ccc(OC)c(C[NH2+]Cc2ccc3c(c2)OCO3)c1. The predicted octanol–water partition coefficient (Wildman–Crippen LogP) is 1.70. The summed E-state index contributed by atoms with van der Waals surface area (Å²) in [6, 6.07) is 11.9. The molecule has 0 radical (unpaired) electrons. The van der Waals surface area contributed by atoms with Crippen molar-refractivity contribution in [3.63, 3.8) is 0 Å². The van der Waals surface area contributed by atoms with Gasteiger partial charge in [0, 0.05) is 5.56 Å². The molecule has 0 amide bonds. The summed E-state index contributed by atoms with van der Waals surface area (Å²) in [5.41, 5.74) is 2.31. The van der Waals surface area contributed by atoms with E-state index in [0.717, 1.165) is 41.7 Å². The Balaban J connectivity index is 1.63. The van der Waals surface area contributed by atoms with Gasteiger partial charge in [0.15, 0.2) is 11.5 Å². The van der Waals surface area contributed by atoms with E-state index in [-0.39, 0.29) is 0 Å². The summed E-state index contributed by atoms with van der Waals surface area (Å²) < 4.78 is 21.4. The predicted molar refractivity (Wildman–Crippen MR) is 81.4 cm³/mol. The van der Waals surface area contributed by atoms with E-state index in [9.17, 15) is 0 Å². The fourth-order valence-electron chi connectivity index (χ4n) is 2.50. The molecule has 2 N–H and O–H groups in total. The highest BCUT2D eigenvalue weighted by Gasteiger charge is 2.14. The van der Waals surface area contributed by atoms with Crippen molar-refractivity contribution < 1.29 is 24.3 Å². The van der Waals surface area contributed by atoms with Gasteiger partial charge in [0.1, 0.15) is 24.6 Å². The molecule has 0 saturated heterocycles. The quantitative estimate of drug-likeness (QED) is 0.882. The topological polar surface area (TPSA) is 53.5 Å². The highest BCUT2D eigenvalue weighted by Crippen LogP contribution is 2.32. The number of quaternary nitrogens is 1. The van der Waals surface area contributed by atoms with E-state index in [4.69, 9.17) is 18.9 Å². The van der Waals surface area contributed by atoms with Crippen LogP contribution < -0.4 is 24.3 Å². The summed E-state index contributed by atoms with van der Waals surface area (Å²) in [7, 11) is 3.35. The Hall–Kier alpha value is -2.40. The molecule has 5 nitrogen and oxygen atoms in total. The first-order valence-electron chi connectivity index (χ1n) is 7.21. The molecule has 2 aromatic rings. The molecule has 116 valence electrons. The largest absolute Gasteiger partial charge is 0.497 e. The minimum Gasteiger partial charge on any atom is -0.497 e. The number of methoxy groups -OCH3 is 2. The van der Waals surface area contributed by atoms with Crippen LogP contribution >= 0.6 is 0 Å². The highest BCUT2D eigenvalue weighted by molar-refractivity contribution is 5.44. The Morgan fingerprint density at radius 2 is 1.82 bits per heavy atom. The van der Waals surface area contributed by atoms with Crippen molar-refractivity contribution in [3.05, 3.63) is 47.5 Å². The molecular weight excluding hydrogens is 282 g/mol. The van der Waals surface area contributed by atoms with Gasteiger partial charge >= 0.3 is 0 Å². The molecule has 0 aliphatic carbocycles. The van der Waals surface area contributed by atoms with Crippen LogP contribution in [-0.2, 0) is 13.1 Å². The minimum absolute atomic E-state index is 0.309. The lowest BCUT2D eigenvalue weighted by Gasteiger charge is -2.10. The molecule has 1 aliphatic heterocycles. The third-order valence-corrected chi connectivity index (χ3v) is 3.67. The molecule has 0 saturated carbocycles. The van der Waals surface area contributed by atoms with E-state index < -0.39 is 0 Å². The van der Waals surface area contributed by atoms with Crippen LogP contribution in [0.2, 0.25) is 0 Å². The fourth-order valence-corrected chi connectivity index (χ4v) is 2.50. The van der Waals surface area contributed by atoms with Crippen molar-refractivity contribution in [2.75, 3.05) is 21.0 Å². The number of ether oxygens (including phenoxy) is 4. The Labute approximate surface area is 129 Å². The first-order valence-corrected chi connectivity index (χ1v) is 7.21. The van der Waals surface area contributed by atoms with Crippen LogP contribution in [0.4, 0.5) is 0 Å². The normalized spacial score (nSPS) is 12.3. The first-order chi connectivity index (χ1) is 10.8. The fraction of sp³-hybridized carbons (Fsp3) is 0.294. The van der Waals surface area contributed by atoms with Gasteiger partial charge in [-0.25, -0.2) is 0 Å².